The normalized spacial score (nSPS) is 11.3. The minimum atomic E-state index is -0.670. The van der Waals surface area contributed by atoms with Gasteiger partial charge < -0.3 is 10.6 Å². The topological polar surface area (TPSA) is 49.8 Å². The Morgan fingerprint density at radius 2 is 1.57 bits per heavy atom. The molecular formula is C15H18F2N4. The molecule has 2 N–H and O–H groups in total. The maximum Gasteiger partial charge on any atom is 0.149 e. The third-order valence-electron chi connectivity index (χ3n) is 2.87. The molecule has 0 spiro atoms. The average Bonchev–Trinajstić information content (AvgIpc) is 2.42. The molecule has 0 aliphatic rings. The number of aromatic nitrogens is 2. The molecule has 0 radical (unpaired) electrons. The predicted molar refractivity (Wildman–Crippen MR) is 79.9 cm³/mol. The molecule has 0 aliphatic heterocycles. The molecule has 0 saturated heterocycles. The molecule has 0 fully saturated rings. The van der Waals surface area contributed by atoms with Gasteiger partial charge in [-0.1, -0.05) is 26.8 Å². The Morgan fingerprint density at radius 3 is 2.10 bits per heavy atom. The largest absolute Gasteiger partial charge is 0.373 e. The minimum Gasteiger partial charge on any atom is -0.373 e. The van der Waals surface area contributed by atoms with Gasteiger partial charge in [0.1, 0.15) is 34.8 Å². The Bertz CT molecular complexity index is 630. The van der Waals surface area contributed by atoms with Gasteiger partial charge >= 0.3 is 0 Å². The van der Waals surface area contributed by atoms with Gasteiger partial charge in [-0.2, -0.15) is 0 Å². The van der Waals surface area contributed by atoms with Crippen LogP contribution in [-0.2, 0) is 5.41 Å². The fourth-order valence-corrected chi connectivity index (χ4v) is 1.72. The molecule has 1 aromatic carbocycles. The van der Waals surface area contributed by atoms with E-state index in [9.17, 15) is 8.78 Å². The van der Waals surface area contributed by atoms with E-state index >= 15 is 0 Å². The summed E-state index contributed by atoms with van der Waals surface area (Å²) in [5.74, 6) is 0.153. The van der Waals surface area contributed by atoms with Crippen molar-refractivity contribution in [2.45, 2.75) is 26.2 Å². The molecule has 1 heterocycles. The Kier molecular flexibility index (Phi) is 4.06. The Morgan fingerprint density at radius 1 is 1.00 bits per heavy atom. The van der Waals surface area contributed by atoms with Crippen LogP contribution in [0.3, 0.4) is 0 Å². The van der Waals surface area contributed by atoms with Crippen molar-refractivity contribution in [2.75, 3.05) is 17.7 Å². The van der Waals surface area contributed by atoms with Crippen LogP contribution < -0.4 is 10.6 Å². The highest BCUT2D eigenvalue weighted by atomic mass is 19.1. The monoisotopic (exact) mass is 292 g/mol. The lowest BCUT2D eigenvalue weighted by atomic mass is 9.96. The Labute approximate surface area is 122 Å². The van der Waals surface area contributed by atoms with Crippen LogP contribution in [0.25, 0.3) is 0 Å². The number of benzene rings is 1. The van der Waals surface area contributed by atoms with E-state index in [1.807, 2.05) is 20.8 Å². The summed E-state index contributed by atoms with van der Waals surface area (Å²) in [6.45, 7) is 5.90. The number of nitrogens with zero attached hydrogens (tertiary/aromatic N) is 2. The van der Waals surface area contributed by atoms with Crippen LogP contribution in [0.5, 0.6) is 0 Å². The molecule has 0 bridgehead atoms. The van der Waals surface area contributed by atoms with E-state index in [0.29, 0.717) is 17.5 Å². The van der Waals surface area contributed by atoms with Crippen LogP contribution in [0.15, 0.2) is 24.3 Å². The highest BCUT2D eigenvalue weighted by Gasteiger charge is 2.19. The van der Waals surface area contributed by atoms with Crippen molar-refractivity contribution in [1.82, 2.24) is 9.97 Å². The second kappa shape index (κ2) is 5.63. The molecule has 2 aromatic rings. The number of para-hydroxylation sites is 1. The third kappa shape index (κ3) is 3.45. The van der Waals surface area contributed by atoms with Crippen molar-refractivity contribution in [1.29, 1.82) is 0 Å². The van der Waals surface area contributed by atoms with E-state index in [-0.39, 0.29) is 11.1 Å². The van der Waals surface area contributed by atoms with Gasteiger partial charge in [0.2, 0.25) is 0 Å². The summed E-state index contributed by atoms with van der Waals surface area (Å²) in [6, 6.07) is 5.29. The summed E-state index contributed by atoms with van der Waals surface area (Å²) in [6.07, 6.45) is 0. The quantitative estimate of drug-likeness (QED) is 0.902. The first kappa shape index (κ1) is 15.2. The van der Waals surface area contributed by atoms with Crippen LogP contribution in [0.4, 0.5) is 26.1 Å². The van der Waals surface area contributed by atoms with Gasteiger partial charge in [0.15, 0.2) is 0 Å². The van der Waals surface area contributed by atoms with Gasteiger partial charge in [-0.3, -0.25) is 0 Å². The molecule has 2 rings (SSSR count). The molecule has 1 aromatic heterocycles. The lowest BCUT2D eigenvalue weighted by Crippen LogP contribution is -2.18. The third-order valence-corrected chi connectivity index (χ3v) is 2.87. The second-order valence-corrected chi connectivity index (χ2v) is 5.68. The van der Waals surface area contributed by atoms with Gasteiger partial charge in [-0.15, -0.1) is 0 Å². The summed E-state index contributed by atoms with van der Waals surface area (Å²) < 4.78 is 27.4. The van der Waals surface area contributed by atoms with Crippen molar-refractivity contribution in [2.24, 2.45) is 0 Å². The first-order chi connectivity index (χ1) is 9.81. The maximum absolute atomic E-state index is 13.7. The zero-order valence-electron chi connectivity index (χ0n) is 12.5. The highest BCUT2D eigenvalue weighted by Crippen LogP contribution is 2.26. The fourth-order valence-electron chi connectivity index (χ4n) is 1.72. The van der Waals surface area contributed by atoms with Crippen LogP contribution in [-0.4, -0.2) is 17.0 Å². The number of halogens is 2. The van der Waals surface area contributed by atoms with Crippen molar-refractivity contribution >= 4 is 17.3 Å². The smallest absolute Gasteiger partial charge is 0.149 e. The van der Waals surface area contributed by atoms with Crippen LogP contribution >= 0.6 is 0 Å². The SMILES string of the molecule is CNc1cc(Nc2c(F)cccc2F)nc(C(C)(C)C)n1. The number of anilines is 3. The van der Waals surface area contributed by atoms with Crippen molar-refractivity contribution in [3.63, 3.8) is 0 Å². The minimum absolute atomic E-state index is 0.224. The van der Waals surface area contributed by atoms with E-state index in [1.165, 1.54) is 18.2 Å². The molecule has 0 aliphatic carbocycles. The molecule has 4 nitrogen and oxygen atoms in total. The van der Waals surface area contributed by atoms with E-state index in [1.54, 1.807) is 13.1 Å². The number of nitrogens with one attached hydrogen (secondary N) is 2. The highest BCUT2D eigenvalue weighted by molar-refractivity contribution is 5.60. The van der Waals surface area contributed by atoms with Gasteiger partial charge in [-0.05, 0) is 12.1 Å². The van der Waals surface area contributed by atoms with Crippen LogP contribution in [0, 0.1) is 11.6 Å². The fraction of sp³-hybridized carbons (Fsp3) is 0.333. The van der Waals surface area contributed by atoms with Gasteiger partial charge in [0.05, 0.1) is 0 Å². The van der Waals surface area contributed by atoms with E-state index in [2.05, 4.69) is 20.6 Å². The molecule has 21 heavy (non-hydrogen) atoms. The standard InChI is InChI=1S/C15H18F2N4/c1-15(2,3)14-20-11(18-4)8-12(21-14)19-13-9(16)6-5-7-10(13)17/h5-8H,1-4H3,(H2,18,19,20,21). The van der Waals surface area contributed by atoms with E-state index < -0.39 is 11.6 Å². The first-order valence-electron chi connectivity index (χ1n) is 6.59. The summed E-state index contributed by atoms with van der Waals surface area (Å²) in [7, 11) is 1.72. The van der Waals surface area contributed by atoms with Gasteiger partial charge in [0.25, 0.3) is 0 Å². The number of rotatable bonds is 3. The molecule has 0 atom stereocenters. The Balaban J connectivity index is 2.45. The zero-order valence-corrected chi connectivity index (χ0v) is 12.5. The van der Waals surface area contributed by atoms with E-state index in [4.69, 9.17) is 0 Å². The first-order valence-corrected chi connectivity index (χ1v) is 6.59. The average molecular weight is 292 g/mol. The summed E-state index contributed by atoms with van der Waals surface area (Å²) >= 11 is 0. The molecule has 0 unspecified atom stereocenters. The molecular weight excluding hydrogens is 274 g/mol. The van der Waals surface area contributed by atoms with Crippen molar-refractivity contribution in [3.05, 3.63) is 41.7 Å². The number of hydrogen-bond donors (Lipinski definition) is 2. The number of hydrogen-bond acceptors (Lipinski definition) is 4. The summed E-state index contributed by atoms with van der Waals surface area (Å²) in [4.78, 5) is 8.69. The van der Waals surface area contributed by atoms with E-state index in [0.717, 1.165) is 0 Å². The van der Waals surface area contributed by atoms with Crippen LogP contribution in [0.1, 0.15) is 26.6 Å². The maximum atomic E-state index is 13.7. The van der Waals surface area contributed by atoms with Crippen molar-refractivity contribution < 1.29 is 8.78 Å². The van der Waals surface area contributed by atoms with Crippen LogP contribution in [0.2, 0.25) is 0 Å². The summed E-state index contributed by atoms with van der Waals surface area (Å²) in [5, 5.41) is 5.60. The molecule has 112 valence electrons. The lowest BCUT2D eigenvalue weighted by Gasteiger charge is -2.19. The van der Waals surface area contributed by atoms with Crippen molar-refractivity contribution in [3.8, 4) is 0 Å². The molecule has 0 amide bonds. The molecule has 6 heteroatoms. The zero-order chi connectivity index (χ0) is 15.6. The second-order valence-electron chi connectivity index (χ2n) is 5.68. The van der Waals surface area contributed by atoms with Gasteiger partial charge in [-0.25, -0.2) is 18.7 Å². The molecule has 0 saturated carbocycles. The lowest BCUT2D eigenvalue weighted by molar-refractivity contribution is 0.546. The predicted octanol–water partition coefficient (Wildman–Crippen LogP) is 3.84. The summed E-state index contributed by atoms with van der Waals surface area (Å²) in [5.41, 5.74) is -0.505. The van der Waals surface area contributed by atoms with Gasteiger partial charge in [0, 0.05) is 18.5 Å². The Hall–Kier alpha value is -2.24.